The first-order valence-corrected chi connectivity index (χ1v) is 7.82. The fourth-order valence-electron chi connectivity index (χ4n) is 1.86. The highest BCUT2D eigenvalue weighted by Crippen LogP contribution is 2.27. The highest BCUT2D eigenvalue weighted by molar-refractivity contribution is 7.92. The Kier molecular flexibility index (Phi) is 4.50. The molecule has 0 aliphatic rings. The lowest BCUT2D eigenvalue weighted by atomic mass is 10.2. The van der Waals surface area contributed by atoms with Gasteiger partial charge in [-0.15, -0.1) is 0 Å². The van der Waals surface area contributed by atoms with Gasteiger partial charge < -0.3 is 9.84 Å². The first-order valence-electron chi connectivity index (χ1n) is 6.33. The summed E-state index contributed by atoms with van der Waals surface area (Å²) in [5.74, 6) is 0.229. The number of nitrogens with one attached hydrogen (secondary N) is 1. The van der Waals surface area contributed by atoms with Crippen molar-refractivity contribution in [2.24, 2.45) is 0 Å². The smallest absolute Gasteiger partial charge is 0.265 e. The van der Waals surface area contributed by atoms with E-state index < -0.39 is 10.0 Å². The molecule has 0 atom stereocenters. The van der Waals surface area contributed by atoms with Crippen molar-refractivity contribution in [3.05, 3.63) is 53.6 Å². The van der Waals surface area contributed by atoms with Gasteiger partial charge in [0, 0.05) is 5.69 Å². The summed E-state index contributed by atoms with van der Waals surface area (Å²) < 4.78 is 32.5. The van der Waals surface area contributed by atoms with E-state index in [0.29, 0.717) is 11.3 Å². The molecule has 0 spiro atoms. The maximum absolute atomic E-state index is 12.5. The molecule has 2 rings (SSSR count). The van der Waals surface area contributed by atoms with E-state index in [1.165, 1.54) is 19.2 Å². The molecule has 112 valence electrons. The molecular formula is C15H17NO4S. The van der Waals surface area contributed by atoms with Gasteiger partial charge >= 0.3 is 0 Å². The molecule has 0 heterocycles. The number of anilines is 1. The van der Waals surface area contributed by atoms with Crippen LogP contribution in [0, 0.1) is 6.92 Å². The van der Waals surface area contributed by atoms with Crippen LogP contribution < -0.4 is 9.46 Å². The summed E-state index contributed by atoms with van der Waals surface area (Å²) in [5, 5.41) is 9.16. The SMILES string of the molecule is COc1ccc(CO)cc1S(=O)(=O)Nc1ccc(C)cc1. The Balaban J connectivity index is 2.41. The van der Waals surface area contributed by atoms with E-state index in [1.54, 1.807) is 18.2 Å². The van der Waals surface area contributed by atoms with Crippen molar-refractivity contribution in [1.29, 1.82) is 0 Å². The minimum absolute atomic E-state index is 0.00266. The molecule has 2 aromatic carbocycles. The number of hydrogen-bond acceptors (Lipinski definition) is 4. The van der Waals surface area contributed by atoms with Crippen LogP contribution >= 0.6 is 0 Å². The van der Waals surface area contributed by atoms with Gasteiger partial charge in [-0.05, 0) is 36.8 Å². The highest BCUT2D eigenvalue weighted by Gasteiger charge is 2.20. The summed E-state index contributed by atoms with van der Waals surface area (Å²) in [7, 11) is -2.39. The van der Waals surface area contributed by atoms with E-state index in [-0.39, 0.29) is 17.3 Å². The summed E-state index contributed by atoms with van der Waals surface area (Å²) in [4.78, 5) is -0.00266. The van der Waals surface area contributed by atoms with Gasteiger partial charge in [-0.25, -0.2) is 8.42 Å². The maximum Gasteiger partial charge on any atom is 0.265 e. The van der Waals surface area contributed by atoms with Gasteiger partial charge in [-0.2, -0.15) is 0 Å². The highest BCUT2D eigenvalue weighted by atomic mass is 32.2. The normalized spacial score (nSPS) is 11.2. The zero-order valence-electron chi connectivity index (χ0n) is 11.8. The zero-order chi connectivity index (χ0) is 15.5. The van der Waals surface area contributed by atoms with Gasteiger partial charge in [0.15, 0.2) is 0 Å². The van der Waals surface area contributed by atoms with E-state index >= 15 is 0 Å². The Bertz CT molecular complexity index is 724. The molecule has 2 N–H and O–H groups in total. The molecule has 5 nitrogen and oxygen atoms in total. The van der Waals surface area contributed by atoms with E-state index in [4.69, 9.17) is 9.84 Å². The maximum atomic E-state index is 12.5. The molecule has 0 bridgehead atoms. The largest absolute Gasteiger partial charge is 0.495 e. The molecule has 2 aromatic rings. The van der Waals surface area contributed by atoms with Crippen molar-refractivity contribution >= 4 is 15.7 Å². The van der Waals surface area contributed by atoms with Crippen LogP contribution in [0.1, 0.15) is 11.1 Å². The number of aryl methyl sites for hydroxylation is 1. The predicted octanol–water partition coefficient (Wildman–Crippen LogP) is 2.30. The first-order chi connectivity index (χ1) is 9.96. The summed E-state index contributed by atoms with van der Waals surface area (Å²) in [6.07, 6.45) is 0. The van der Waals surface area contributed by atoms with E-state index in [0.717, 1.165) is 5.56 Å². The van der Waals surface area contributed by atoms with Gasteiger partial charge in [-0.1, -0.05) is 23.8 Å². The van der Waals surface area contributed by atoms with Crippen LogP contribution in [-0.2, 0) is 16.6 Å². The summed E-state index contributed by atoms with van der Waals surface area (Å²) >= 11 is 0. The van der Waals surface area contributed by atoms with E-state index in [9.17, 15) is 8.42 Å². The Labute approximate surface area is 124 Å². The van der Waals surface area contributed by atoms with Gasteiger partial charge in [0.25, 0.3) is 10.0 Å². The minimum Gasteiger partial charge on any atom is -0.495 e. The molecule has 0 aliphatic heterocycles. The quantitative estimate of drug-likeness (QED) is 0.888. The van der Waals surface area contributed by atoms with Crippen molar-refractivity contribution in [3.8, 4) is 5.75 Å². The third-order valence-electron chi connectivity index (χ3n) is 3.00. The van der Waals surface area contributed by atoms with Gasteiger partial charge in [0.1, 0.15) is 10.6 Å². The molecule has 0 radical (unpaired) electrons. The van der Waals surface area contributed by atoms with Gasteiger partial charge in [-0.3, -0.25) is 4.72 Å². The van der Waals surface area contributed by atoms with Crippen molar-refractivity contribution in [1.82, 2.24) is 0 Å². The topological polar surface area (TPSA) is 75.6 Å². The Morgan fingerprint density at radius 3 is 2.38 bits per heavy atom. The first kappa shape index (κ1) is 15.3. The minimum atomic E-state index is -3.79. The molecule has 0 aliphatic carbocycles. The third kappa shape index (κ3) is 3.53. The van der Waals surface area contributed by atoms with Crippen molar-refractivity contribution in [2.75, 3.05) is 11.8 Å². The van der Waals surface area contributed by atoms with Crippen molar-refractivity contribution in [3.63, 3.8) is 0 Å². The Morgan fingerprint density at radius 1 is 1.14 bits per heavy atom. The monoisotopic (exact) mass is 307 g/mol. The summed E-state index contributed by atoms with van der Waals surface area (Å²) in [6.45, 7) is 1.68. The van der Waals surface area contributed by atoms with Gasteiger partial charge in [0.05, 0.1) is 13.7 Å². The lowest BCUT2D eigenvalue weighted by Gasteiger charge is -2.12. The standard InChI is InChI=1S/C15H17NO4S/c1-11-3-6-13(7-4-11)16-21(18,19)15-9-12(10-17)5-8-14(15)20-2/h3-9,16-17H,10H2,1-2H3. The Morgan fingerprint density at radius 2 is 1.81 bits per heavy atom. The predicted molar refractivity (Wildman–Crippen MR) is 80.9 cm³/mol. The van der Waals surface area contributed by atoms with Crippen LogP contribution in [0.5, 0.6) is 5.75 Å². The Hall–Kier alpha value is -2.05. The van der Waals surface area contributed by atoms with Crippen LogP contribution in [0.3, 0.4) is 0 Å². The van der Waals surface area contributed by atoms with Crippen LogP contribution in [-0.4, -0.2) is 20.6 Å². The molecular weight excluding hydrogens is 290 g/mol. The fraction of sp³-hybridized carbons (Fsp3) is 0.200. The molecule has 0 saturated carbocycles. The van der Waals surface area contributed by atoms with Crippen molar-refractivity contribution in [2.45, 2.75) is 18.4 Å². The summed E-state index contributed by atoms with van der Waals surface area (Å²) in [5.41, 5.74) is 2.01. The van der Waals surface area contributed by atoms with Crippen molar-refractivity contribution < 1.29 is 18.3 Å². The molecule has 0 unspecified atom stereocenters. The lowest BCUT2D eigenvalue weighted by molar-refractivity contribution is 0.281. The number of aliphatic hydroxyl groups excluding tert-OH is 1. The molecule has 0 fully saturated rings. The number of sulfonamides is 1. The average Bonchev–Trinajstić information content (AvgIpc) is 2.48. The van der Waals surface area contributed by atoms with E-state index in [2.05, 4.69) is 4.72 Å². The number of hydrogen-bond donors (Lipinski definition) is 2. The number of benzene rings is 2. The third-order valence-corrected chi connectivity index (χ3v) is 4.41. The second kappa shape index (κ2) is 6.15. The molecule has 0 aromatic heterocycles. The van der Waals surface area contributed by atoms with E-state index in [1.807, 2.05) is 19.1 Å². The fourth-order valence-corrected chi connectivity index (χ4v) is 3.14. The van der Waals surface area contributed by atoms with Gasteiger partial charge in [0.2, 0.25) is 0 Å². The second-order valence-corrected chi connectivity index (χ2v) is 6.27. The summed E-state index contributed by atoms with van der Waals surface area (Å²) in [6, 6.07) is 11.6. The molecule has 0 amide bonds. The van der Waals surface area contributed by atoms with Crippen LogP contribution in [0.4, 0.5) is 5.69 Å². The van der Waals surface area contributed by atoms with Crippen LogP contribution in [0.25, 0.3) is 0 Å². The molecule has 6 heteroatoms. The molecule has 0 saturated heterocycles. The zero-order valence-corrected chi connectivity index (χ0v) is 12.6. The number of methoxy groups -OCH3 is 1. The second-order valence-electron chi connectivity index (χ2n) is 4.61. The van der Waals surface area contributed by atoms with Crippen LogP contribution in [0.2, 0.25) is 0 Å². The molecule has 21 heavy (non-hydrogen) atoms. The average molecular weight is 307 g/mol. The lowest BCUT2D eigenvalue weighted by Crippen LogP contribution is -2.14. The number of ether oxygens (including phenoxy) is 1. The number of rotatable bonds is 5. The number of aliphatic hydroxyl groups is 1. The van der Waals surface area contributed by atoms with Crippen LogP contribution in [0.15, 0.2) is 47.4 Å².